The summed E-state index contributed by atoms with van der Waals surface area (Å²) in [6, 6.07) is 10.3. The summed E-state index contributed by atoms with van der Waals surface area (Å²) in [5, 5.41) is 13.3. The Morgan fingerprint density at radius 2 is 1.92 bits per heavy atom. The van der Waals surface area contributed by atoms with Gasteiger partial charge in [-0.05, 0) is 24.3 Å². The minimum absolute atomic E-state index is 0.0123. The number of benzene rings is 1. The third kappa shape index (κ3) is 4.32. The first-order valence-corrected chi connectivity index (χ1v) is 8.02. The minimum atomic E-state index is -0.361. The highest BCUT2D eigenvalue weighted by molar-refractivity contribution is 5.84. The number of hydrogen-bond donors (Lipinski definition) is 2. The molecule has 2 N–H and O–H groups in total. The van der Waals surface area contributed by atoms with E-state index in [0.29, 0.717) is 16.7 Å². The third-order valence-electron chi connectivity index (χ3n) is 3.67. The Hall–Kier alpha value is -3.49. The average Bonchev–Trinajstić information content (AvgIpc) is 3.18. The van der Waals surface area contributed by atoms with Crippen LogP contribution in [0.1, 0.15) is 12.2 Å². The molecule has 0 fully saturated rings. The Bertz CT molecular complexity index is 965. The molecular weight excluding hydrogens is 338 g/mol. The number of carbonyl (C=O) groups excluding carboxylic acids is 2. The van der Waals surface area contributed by atoms with Crippen LogP contribution in [0.3, 0.4) is 0 Å². The zero-order valence-corrected chi connectivity index (χ0v) is 13.8. The second-order valence-electron chi connectivity index (χ2n) is 5.52. The maximum atomic E-state index is 12.3. The van der Waals surface area contributed by atoms with Crippen molar-refractivity contribution in [2.24, 2.45) is 0 Å². The highest BCUT2D eigenvalue weighted by Gasteiger charge is 2.09. The van der Waals surface area contributed by atoms with E-state index in [9.17, 15) is 14.4 Å². The van der Waals surface area contributed by atoms with Gasteiger partial charge in [-0.1, -0.05) is 17.3 Å². The summed E-state index contributed by atoms with van der Waals surface area (Å²) in [6.45, 7) is 0.179. The number of hydrogen-bond acceptors (Lipinski definition) is 6. The van der Waals surface area contributed by atoms with Crippen LogP contribution in [0, 0.1) is 0 Å². The molecule has 0 radical (unpaired) electrons. The fourth-order valence-electron chi connectivity index (χ4n) is 2.31. The molecule has 1 aromatic carbocycles. The molecule has 9 nitrogen and oxygen atoms in total. The number of aryl methyl sites for hydroxylation is 1. The molecule has 0 aliphatic rings. The van der Waals surface area contributed by atoms with Crippen molar-refractivity contribution in [3.8, 4) is 0 Å². The van der Waals surface area contributed by atoms with Crippen molar-refractivity contribution in [2.75, 3.05) is 6.54 Å². The molecule has 0 aliphatic carbocycles. The zero-order valence-electron chi connectivity index (χ0n) is 13.8. The molecule has 26 heavy (non-hydrogen) atoms. The molecule has 3 rings (SSSR count). The first kappa shape index (κ1) is 17.3. The van der Waals surface area contributed by atoms with E-state index < -0.39 is 0 Å². The second kappa shape index (κ2) is 8.06. The maximum Gasteiger partial charge on any atom is 0.277 e. The van der Waals surface area contributed by atoms with Gasteiger partial charge in [-0.25, -0.2) is 4.68 Å². The Labute approximate surface area is 148 Å². The van der Waals surface area contributed by atoms with Crippen LogP contribution in [-0.2, 0) is 22.7 Å². The van der Waals surface area contributed by atoms with Gasteiger partial charge in [-0.3, -0.25) is 14.4 Å². The highest BCUT2D eigenvalue weighted by Crippen LogP contribution is 2.03. The molecular formula is C17H17N5O4. The van der Waals surface area contributed by atoms with Crippen LogP contribution >= 0.6 is 0 Å². The van der Waals surface area contributed by atoms with Crippen LogP contribution < -0.4 is 16.2 Å². The minimum Gasteiger partial charge on any atom is -0.467 e. The SMILES string of the molecule is O=C(CCn1nnc2ccccc2c1=O)NCC(=O)NCc1ccco1. The van der Waals surface area contributed by atoms with E-state index in [2.05, 4.69) is 20.9 Å². The van der Waals surface area contributed by atoms with Crippen LogP contribution in [0.2, 0.25) is 0 Å². The first-order chi connectivity index (χ1) is 12.6. The predicted octanol–water partition coefficient (Wildman–Crippen LogP) is 0.207. The lowest BCUT2D eigenvalue weighted by Gasteiger charge is -2.07. The topological polar surface area (TPSA) is 119 Å². The lowest BCUT2D eigenvalue weighted by molar-refractivity contribution is -0.126. The number of aromatic nitrogens is 3. The number of amides is 2. The summed E-state index contributed by atoms with van der Waals surface area (Å²) in [5.41, 5.74) is 0.200. The fourth-order valence-corrected chi connectivity index (χ4v) is 2.31. The smallest absolute Gasteiger partial charge is 0.277 e. The normalized spacial score (nSPS) is 10.6. The predicted molar refractivity (Wildman–Crippen MR) is 92.0 cm³/mol. The average molecular weight is 355 g/mol. The van der Waals surface area contributed by atoms with Crippen molar-refractivity contribution in [1.82, 2.24) is 25.6 Å². The lowest BCUT2D eigenvalue weighted by atomic mass is 10.2. The summed E-state index contributed by atoms with van der Waals surface area (Å²) < 4.78 is 6.23. The van der Waals surface area contributed by atoms with E-state index >= 15 is 0 Å². The van der Waals surface area contributed by atoms with E-state index in [1.165, 1.54) is 6.26 Å². The lowest BCUT2D eigenvalue weighted by Crippen LogP contribution is -2.37. The molecule has 0 spiro atoms. The molecule has 0 unspecified atom stereocenters. The largest absolute Gasteiger partial charge is 0.467 e. The summed E-state index contributed by atoms with van der Waals surface area (Å²) >= 11 is 0. The van der Waals surface area contributed by atoms with E-state index in [1.54, 1.807) is 36.4 Å². The van der Waals surface area contributed by atoms with Gasteiger partial charge in [0.25, 0.3) is 5.56 Å². The number of nitrogens with one attached hydrogen (secondary N) is 2. The van der Waals surface area contributed by atoms with Gasteiger partial charge in [0.05, 0.1) is 31.3 Å². The number of carbonyl (C=O) groups is 2. The van der Waals surface area contributed by atoms with Crippen LogP contribution in [0.15, 0.2) is 51.9 Å². The van der Waals surface area contributed by atoms with E-state index in [4.69, 9.17) is 4.42 Å². The molecule has 9 heteroatoms. The zero-order chi connectivity index (χ0) is 18.4. The Morgan fingerprint density at radius 1 is 1.08 bits per heavy atom. The van der Waals surface area contributed by atoms with Gasteiger partial charge in [0.15, 0.2) is 0 Å². The summed E-state index contributed by atoms with van der Waals surface area (Å²) in [7, 11) is 0. The Balaban J connectivity index is 1.46. The highest BCUT2D eigenvalue weighted by atomic mass is 16.3. The molecule has 0 atom stereocenters. The second-order valence-corrected chi connectivity index (χ2v) is 5.52. The molecule has 0 saturated heterocycles. The van der Waals surface area contributed by atoms with E-state index in [0.717, 1.165) is 4.68 Å². The monoisotopic (exact) mass is 355 g/mol. The van der Waals surface area contributed by atoms with Gasteiger partial charge >= 0.3 is 0 Å². The third-order valence-corrected chi connectivity index (χ3v) is 3.67. The van der Waals surface area contributed by atoms with E-state index in [-0.39, 0.29) is 43.4 Å². The molecule has 0 saturated carbocycles. The molecule has 2 amide bonds. The maximum absolute atomic E-state index is 12.3. The summed E-state index contributed by atoms with van der Waals surface area (Å²) in [6.07, 6.45) is 1.53. The first-order valence-electron chi connectivity index (χ1n) is 8.02. The summed E-state index contributed by atoms with van der Waals surface area (Å²) in [5.74, 6) is -0.0728. The van der Waals surface area contributed by atoms with Crippen molar-refractivity contribution in [1.29, 1.82) is 0 Å². The van der Waals surface area contributed by atoms with Gasteiger partial charge in [0.2, 0.25) is 11.8 Å². The number of nitrogens with zero attached hydrogens (tertiary/aromatic N) is 3. The molecule has 0 bridgehead atoms. The van der Waals surface area contributed by atoms with Crippen LogP contribution in [-0.4, -0.2) is 33.4 Å². The van der Waals surface area contributed by atoms with Crippen LogP contribution in [0.25, 0.3) is 10.9 Å². The van der Waals surface area contributed by atoms with Gasteiger partial charge in [-0.2, -0.15) is 0 Å². The quantitative estimate of drug-likeness (QED) is 0.625. The number of fused-ring (bicyclic) bond motifs is 1. The van der Waals surface area contributed by atoms with Crippen LogP contribution in [0.4, 0.5) is 0 Å². The van der Waals surface area contributed by atoms with E-state index in [1.807, 2.05) is 0 Å². The van der Waals surface area contributed by atoms with Gasteiger partial charge in [-0.15, -0.1) is 5.10 Å². The van der Waals surface area contributed by atoms with Crippen molar-refractivity contribution >= 4 is 22.7 Å². The molecule has 2 heterocycles. The summed E-state index contributed by atoms with van der Waals surface area (Å²) in [4.78, 5) is 35.8. The van der Waals surface area contributed by atoms with Crippen LogP contribution in [0.5, 0.6) is 0 Å². The van der Waals surface area contributed by atoms with Crippen molar-refractivity contribution < 1.29 is 14.0 Å². The van der Waals surface area contributed by atoms with Gasteiger partial charge in [0.1, 0.15) is 11.3 Å². The van der Waals surface area contributed by atoms with Crippen molar-refractivity contribution in [3.05, 3.63) is 58.8 Å². The van der Waals surface area contributed by atoms with Crippen molar-refractivity contribution in [2.45, 2.75) is 19.5 Å². The molecule has 2 aromatic heterocycles. The van der Waals surface area contributed by atoms with Gasteiger partial charge < -0.3 is 15.1 Å². The molecule has 3 aromatic rings. The van der Waals surface area contributed by atoms with Crippen molar-refractivity contribution in [3.63, 3.8) is 0 Å². The Morgan fingerprint density at radius 3 is 2.73 bits per heavy atom. The fraction of sp³-hybridized carbons (Fsp3) is 0.235. The molecule has 0 aliphatic heterocycles. The molecule has 134 valence electrons. The Kier molecular flexibility index (Phi) is 5.37. The van der Waals surface area contributed by atoms with Gasteiger partial charge in [0, 0.05) is 6.42 Å². The standard InChI is InChI=1S/C17H17N5O4/c23-15(19-11-16(24)18-10-12-4-3-9-26-12)7-8-22-17(25)13-5-1-2-6-14(13)20-21-22/h1-6,9H,7-8,10-11H2,(H,18,24)(H,19,23). The number of furan rings is 1. The number of rotatable bonds is 7.